The molecule has 3 rings (SSSR count). The second-order valence-corrected chi connectivity index (χ2v) is 5.39. The summed E-state index contributed by atoms with van der Waals surface area (Å²) in [6.45, 7) is 0. The Bertz CT molecular complexity index is 425. The molecule has 1 aromatic rings. The molecule has 2 saturated carbocycles. The van der Waals surface area contributed by atoms with Crippen molar-refractivity contribution in [1.29, 1.82) is 0 Å². The molecule has 0 saturated heterocycles. The molecule has 17 heavy (non-hydrogen) atoms. The summed E-state index contributed by atoms with van der Waals surface area (Å²) in [6, 6.07) is 0.496. The van der Waals surface area contributed by atoms with Crippen molar-refractivity contribution >= 4 is 23.1 Å². The van der Waals surface area contributed by atoms with Crippen LogP contribution in [-0.2, 0) is 0 Å². The first-order chi connectivity index (χ1) is 8.24. The third-order valence-electron chi connectivity index (χ3n) is 3.55. The number of nitrogens with one attached hydrogen (secondary N) is 1. The van der Waals surface area contributed by atoms with Crippen LogP contribution in [0.2, 0.25) is 5.15 Å². The third kappa shape index (κ3) is 2.32. The van der Waals surface area contributed by atoms with Crippen LogP contribution in [0.4, 0.5) is 11.5 Å². The first kappa shape index (κ1) is 11.1. The molecule has 2 aliphatic carbocycles. The first-order valence-electron chi connectivity index (χ1n) is 6.33. The molecule has 0 aliphatic heterocycles. The van der Waals surface area contributed by atoms with Crippen molar-refractivity contribution in [2.45, 2.75) is 50.5 Å². The highest BCUT2D eigenvalue weighted by molar-refractivity contribution is 6.32. The van der Waals surface area contributed by atoms with Crippen molar-refractivity contribution in [2.24, 2.45) is 0 Å². The fourth-order valence-electron chi connectivity index (χ4n) is 2.36. The van der Waals surface area contributed by atoms with Gasteiger partial charge in [-0.25, -0.2) is 9.97 Å². The molecular weight excluding hydrogens is 236 g/mol. The van der Waals surface area contributed by atoms with E-state index in [9.17, 15) is 0 Å². The van der Waals surface area contributed by atoms with Crippen molar-refractivity contribution in [1.82, 2.24) is 9.97 Å². The first-order valence-corrected chi connectivity index (χ1v) is 6.71. The zero-order chi connectivity index (χ0) is 11.8. The van der Waals surface area contributed by atoms with E-state index < -0.39 is 0 Å². The predicted molar refractivity (Wildman–Crippen MR) is 69.3 cm³/mol. The molecule has 5 heteroatoms. The Labute approximate surface area is 106 Å². The number of nitrogens with zero attached hydrogens (tertiary/aromatic N) is 2. The lowest BCUT2D eigenvalue weighted by Gasteiger charge is -2.15. The maximum absolute atomic E-state index is 6.06. The number of halogens is 1. The van der Waals surface area contributed by atoms with Gasteiger partial charge in [-0.15, -0.1) is 0 Å². The van der Waals surface area contributed by atoms with Gasteiger partial charge in [-0.1, -0.05) is 24.4 Å². The zero-order valence-corrected chi connectivity index (χ0v) is 10.5. The largest absolute Gasteiger partial charge is 0.393 e. The highest BCUT2D eigenvalue weighted by Gasteiger charge is 2.28. The summed E-state index contributed by atoms with van der Waals surface area (Å²) in [5.74, 6) is 2.08. The van der Waals surface area contributed by atoms with Gasteiger partial charge in [0.15, 0.2) is 11.0 Å². The molecule has 0 atom stereocenters. The molecule has 4 nitrogen and oxygen atoms in total. The minimum absolute atomic E-state index is 0.391. The minimum atomic E-state index is 0.391. The van der Waals surface area contributed by atoms with Gasteiger partial charge in [0.2, 0.25) is 0 Å². The molecule has 2 aliphatic rings. The summed E-state index contributed by atoms with van der Waals surface area (Å²) in [6.07, 6.45) is 7.30. The van der Waals surface area contributed by atoms with Gasteiger partial charge in [0.05, 0.1) is 0 Å². The summed E-state index contributed by atoms with van der Waals surface area (Å²) < 4.78 is 0. The van der Waals surface area contributed by atoms with Crippen LogP contribution >= 0.6 is 11.6 Å². The Morgan fingerprint density at radius 1 is 1.12 bits per heavy atom. The topological polar surface area (TPSA) is 63.8 Å². The smallest absolute Gasteiger partial charge is 0.157 e. The highest BCUT2D eigenvalue weighted by atomic mass is 35.5. The number of rotatable bonds is 3. The van der Waals surface area contributed by atoms with Crippen LogP contribution in [0.1, 0.15) is 50.3 Å². The third-order valence-corrected chi connectivity index (χ3v) is 3.84. The number of nitrogen functional groups attached to an aromatic ring is 1. The summed E-state index contributed by atoms with van der Waals surface area (Å²) in [5, 5.41) is 3.80. The minimum Gasteiger partial charge on any atom is -0.393 e. The van der Waals surface area contributed by atoms with Gasteiger partial charge in [0.1, 0.15) is 11.5 Å². The number of aromatic nitrogens is 2. The van der Waals surface area contributed by atoms with E-state index in [0.717, 1.165) is 11.6 Å². The molecule has 0 amide bonds. The number of nitrogens with two attached hydrogens (primary N) is 1. The van der Waals surface area contributed by atoms with Crippen LogP contribution in [0.3, 0.4) is 0 Å². The molecule has 1 heterocycles. The average molecular weight is 253 g/mol. The van der Waals surface area contributed by atoms with Crippen LogP contribution < -0.4 is 11.1 Å². The van der Waals surface area contributed by atoms with E-state index in [2.05, 4.69) is 15.3 Å². The predicted octanol–water partition coefficient (Wildman–Crippen LogP) is 2.94. The molecule has 0 radical (unpaired) electrons. The Kier molecular flexibility index (Phi) is 2.82. The molecule has 0 aromatic carbocycles. The summed E-state index contributed by atoms with van der Waals surface area (Å²) >= 11 is 6.06. The van der Waals surface area contributed by atoms with Gasteiger partial charge in [0, 0.05) is 12.0 Å². The van der Waals surface area contributed by atoms with Gasteiger partial charge in [-0.05, 0) is 25.7 Å². The van der Waals surface area contributed by atoms with Crippen molar-refractivity contribution in [3.05, 3.63) is 11.0 Å². The van der Waals surface area contributed by atoms with Crippen LogP contribution in [0.5, 0.6) is 0 Å². The van der Waals surface area contributed by atoms with E-state index in [-0.39, 0.29) is 0 Å². The molecule has 2 fully saturated rings. The van der Waals surface area contributed by atoms with E-state index in [1.165, 1.54) is 38.5 Å². The summed E-state index contributed by atoms with van der Waals surface area (Å²) in [4.78, 5) is 8.79. The Morgan fingerprint density at radius 2 is 1.82 bits per heavy atom. The van der Waals surface area contributed by atoms with Crippen LogP contribution in [0.15, 0.2) is 0 Å². The quantitative estimate of drug-likeness (QED) is 0.812. The van der Waals surface area contributed by atoms with Crippen molar-refractivity contribution < 1.29 is 0 Å². The van der Waals surface area contributed by atoms with Crippen molar-refractivity contribution in [3.63, 3.8) is 0 Å². The molecule has 0 bridgehead atoms. The standard InChI is InChI=1S/C12H17ClN4/c13-10-9(14)12(15-8-3-1-2-4-8)17-11(16-10)7-5-6-7/h7-8H,1-6,14H2,(H,15,16,17). The van der Waals surface area contributed by atoms with E-state index >= 15 is 0 Å². The molecule has 3 N–H and O–H groups in total. The summed E-state index contributed by atoms with van der Waals surface area (Å²) in [7, 11) is 0. The molecular formula is C12H17ClN4. The highest BCUT2D eigenvalue weighted by Crippen LogP contribution is 2.40. The van der Waals surface area contributed by atoms with E-state index in [1.807, 2.05) is 0 Å². The van der Waals surface area contributed by atoms with Gasteiger partial charge in [0.25, 0.3) is 0 Å². The lowest BCUT2D eigenvalue weighted by Crippen LogP contribution is -2.18. The van der Waals surface area contributed by atoms with E-state index in [1.54, 1.807) is 0 Å². The van der Waals surface area contributed by atoms with Crippen LogP contribution in [0, 0.1) is 0 Å². The summed E-state index contributed by atoms with van der Waals surface area (Å²) in [5.41, 5.74) is 6.42. The SMILES string of the molecule is Nc1c(Cl)nc(C2CC2)nc1NC1CCCC1. The Balaban J connectivity index is 1.85. The second-order valence-electron chi connectivity index (χ2n) is 5.03. The Morgan fingerprint density at radius 3 is 2.47 bits per heavy atom. The molecule has 1 aromatic heterocycles. The zero-order valence-electron chi connectivity index (χ0n) is 9.75. The maximum Gasteiger partial charge on any atom is 0.157 e. The van der Waals surface area contributed by atoms with E-state index in [0.29, 0.717) is 22.8 Å². The van der Waals surface area contributed by atoms with Crippen LogP contribution in [-0.4, -0.2) is 16.0 Å². The normalized spacial score (nSPS) is 20.8. The van der Waals surface area contributed by atoms with Gasteiger partial charge < -0.3 is 11.1 Å². The van der Waals surface area contributed by atoms with Gasteiger partial charge in [-0.2, -0.15) is 0 Å². The van der Waals surface area contributed by atoms with E-state index in [4.69, 9.17) is 17.3 Å². The Hall–Kier alpha value is -1.03. The number of hydrogen-bond donors (Lipinski definition) is 2. The lowest BCUT2D eigenvalue weighted by molar-refractivity contribution is 0.747. The average Bonchev–Trinajstić information content (AvgIpc) is 3.04. The molecule has 0 spiro atoms. The van der Waals surface area contributed by atoms with Crippen molar-refractivity contribution in [2.75, 3.05) is 11.1 Å². The monoisotopic (exact) mass is 252 g/mol. The maximum atomic E-state index is 6.06. The van der Waals surface area contributed by atoms with Gasteiger partial charge >= 0.3 is 0 Å². The number of anilines is 2. The fourth-order valence-corrected chi connectivity index (χ4v) is 2.53. The second kappa shape index (κ2) is 4.33. The van der Waals surface area contributed by atoms with Gasteiger partial charge in [-0.3, -0.25) is 0 Å². The lowest BCUT2D eigenvalue weighted by atomic mass is 10.2. The number of hydrogen-bond acceptors (Lipinski definition) is 4. The molecule has 0 unspecified atom stereocenters. The van der Waals surface area contributed by atoms with Crippen molar-refractivity contribution in [3.8, 4) is 0 Å². The molecule has 92 valence electrons. The van der Waals surface area contributed by atoms with Crippen LogP contribution in [0.25, 0.3) is 0 Å². The fraction of sp³-hybridized carbons (Fsp3) is 0.667.